The van der Waals surface area contributed by atoms with Crippen LogP contribution in [0.1, 0.15) is 6.92 Å². The Morgan fingerprint density at radius 1 is 1.50 bits per heavy atom. The molecule has 0 atom stereocenters. The molecule has 4 heteroatoms. The zero-order valence-electron chi connectivity index (χ0n) is 7.58. The second-order valence-corrected chi connectivity index (χ2v) is 3.84. The van der Waals surface area contributed by atoms with E-state index in [1.807, 2.05) is 6.92 Å². The van der Waals surface area contributed by atoms with Crippen molar-refractivity contribution in [2.75, 3.05) is 6.61 Å². The molecular formula is C10H9FO2S. The molecule has 74 valence electrons. The van der Waals surface area contributed by atoms with Crippen molar-refractivity contribution >= 4 is 21.4 Å². The predicted molar refractivity (Wildman–Crippen MR) is 54.6 cm³/mol. The molecule has 2 nitrogen and oxygen atoms in total. The summed E-state index contributed by atoms with van der Waals surface area (Å²) in [7, 11) is 0. The Bertz CT molecular complexity index is 464. The lowest BCUT2D eigenvalue weighted by molar-refractivity contribution is 0.340. The first-order chi connectivity index (χ1) is 6.72. The van der Waals surface area contributed by atoms with Crippen molar-refractivity contribution in [1.29, 1.82) is 0 Å². The van der Waals surface area contributed by atoms with Crippen molar-refractivity contribution in [2.24, 2.45) is 0 Å². The highest BCUT2D eigenvalue weighted by atomic mass is 32.1. The molecule has 2 aromatic rings. The van der Waals surface area contributed by atoms with Gasteiger partial charge in [-0.3, -0.25) is 0 Å². The van der Waals surface area contributed by atoms with E-state index in [9.17, 15) is 4.39 Å². The highest BCUT2D eigenvalue weighted by molar-refractivity contribution is 7.20. The average molecular weight is 212 g/mol. The number of rotatable bonds is 2. The molecule has 2 rings (SSSR count). The average Bonchev–Trinajstić information content (AvgIpc) is 2.45. The third kappa shape index (κ3) is 1.42. The third-order valence-corrected chi connectivity index (χ3v) is 2.84. The maximum Gasteiger partial charge on any atom is 0.209 e. The molecule has 0 aliphatic heterocycles. The number of hydrogen-bond acceptors (Lipinski definition) is 3. The first-order valence-corrected chi connectivity index (χ1v) is 5.08. The highest BCUT2D eigenvalue weighted by Crippen LogP contribution is 2.36. The standard InChI is InChI=1S/C10H9FO2S/c1-2-13-6-3-4-8-7(5-6)9(11)10(12)14-8/h3-5,12H,2H2,1H3. The Morgan fingerprint density at radius 2 is 2.29 bits per heavy atom. The molecule has 0 bridgehead atoms. The maximum absolute atomic E-state index is 13.3. The molecule has 0 aliphatic carbocycles. The van der Waals surface area contributed by atoms with Gasteiger partial charge in [0, 0.05) is 10.1 Å². The zero-order chi connectivity index (χ0) is 10.1. The van der Waals surface area contributed by atoms with E-state index in [1.54, 1.807) is 18.2 Å². The number of aromatic hydroxyl groups is 1. The van der Waals surface area contributed by atoms with Gasteiger partial charge in [0.25, 0.3) is 0 Å². The number of halogens is 1. The summed E-state index contributed by atoms with van der Waals surface area (Å²) in [6.07, 6.45) is 0. The van der Waals surface area contributed by atoms with Gasteiger partial charge in [-0.25, -0.2) is 4.39 Å². The number of ether oxygens (including phenoxy) is 1. The molecular weight excluding hydrogens is 203 g/mol. The molecule has 14 heavy (non-hydrogen) atoms. The van der Waals surface area contributed by atoms with Crippen molar-refractivity contribution in [3.8, 4) is 10.8 Å². The van der Waals surface area contributed by atoms with Crippen molar-refractivity contribution in [1.82, 2.24) is 0 Å². The monoisotopic (exact) mass is 212 g/mol. The van der Waals surface area contributed by atoms with Gasteiger partial charge >= 0.3 is 0 Å². The fourth-order valence-electron chi connectivity index (χ4n) is 1.29. The lowest BCUT2D eigenvalue weighted by Crippen LogP contribution is -1.90. The van der Waals surface area contributed by atoms with Crippen LogP contribution in [0.2, 0.25) is 0 Å². The van der Waals surface area contributed by atoms with Gasteiger partial charge in [0.1, 0.15) is 5.75 Å². The Balaban J connectivity index is 2.58. The third-order valence-electron chi connectivity index (χ3n) is 1.89. The van der Waals surface area contributed by atoms with Crippen LogP contribution in [-0.4, -0.2) is 11.7 Å². The van der Waals surface area contributed by atoms with Crippen LogP contribution in [0.5, 0.6) is 10.8 Å². The van der Waals surface area contributed by atoms with Gasteiger partial charge in [-0.1, -0.05) is 11.3 Å². The molecule has 0 saturated heterocycles. The molecule has 0 amide bonds. The second-order valence-electron chi connectivity index (χ2n) is 2.81. The van der Waals surface area contributed by atoms with Crippen LogP contribution in [0.3, 0.4) is 0 Å². The first-order valence-electron chi connectivity index (χ1n) is 4.26. The topological polar surface area (TPSA) is 29.5 Å². The Labute approximate surface area is 84.6 Å². The van der Waals surface area contributed by atoms with Crippen molar-refractivity contribution in [3.05, 3.63) is 24.0 Å². The van der Waals surface area contributed by atoms with Crippen molar-refractivity contribution < 1.29 is 14.2 Å². The van der Waals surface area contributed by atoms with Gasteiger partial charge in [-0.05, 0) is 25.1 Å². The molecule has 1 N–H and O–H groups in total. The maximum atomic E-state index is 13.3. The summed E-state index contributed by atoms with van der Waals surface area (Å²) in [4.78, 5) is 0. The van der Waals surface area contributed by atoms with E-state index in [-0.39, 0.29) is 5.06 Å². The number of hydrogen-bond donors (Lipinski definition) is 1. The number of benzene rings is 1. The summed E-state index contributed by atoms with van der Waals surface area (Å²) in [6.45, 7) is 2.41. The van der Waals surface area contributed by atoms with Crippen LogP contribution in [0.4, 0.5) is 4.39 Å². The molecule has 0 spiro atoms. The van der Waals surface area contributed by atoms with Crippen LogP contribution in [-0.2, 0) is 0 Å². The first kappa shape index (κ1) is 9.27. The lowest BCUT2D eigenvalue weighted by atomic mass is 10.2. The zero-order valence-corrected chi connectivity index (χ0v) is 8.40. The van der Waals surface area contributed by atoms with Gasteiger partial charge in [0.2, 0.25) is 5.06 Å². The molecule has 1 aromatic carbocycles. The van der Waals surface area contributed by atoms with Crippen molar-refractivity contribution in [3.63, 3.8) is 0 Å². The fourth-order valence-corrected chi connectivity index (χ4v) is 2.09. The summed E-state index contributed by atoms with van der Waals surface area (Å²) in [5, 5.41) is 9.31. The second kappa shape index (κ2) is 3.46. The minimum atomic E-state index is -0.563. The summed E-state index contributed by atoms with van der Waals surface area (Å²) in [5.41, 5.74) is 0. The van der Waals surface area contributed by atoms with Gasteiger partial charge in [0.15, 0.2) is 5.82 Å². The van der Waals surface area contributed by atoms with Crippen LogP contribution in [0.15, 0.2) is 18.2 Å². The van der Waals surface area contributed by atoms with Crippen molar-refractivity contribution in [2.45, 2.75) is 6.92 Å². The van der Waals surface area contributed by atoms with Crippen LogP contribution >= 0.6 is 11.3 Å². The molecule has 0 fully saturated rings. The summed E-state index contributed by atoms with van der Waals surface area (Å²) < 4.78 is 19.2. The smallest absolute Gasteiger partial charge is 0.209 e. The summed E-state index contributed by atoms with van der Waals surface area (Å²) >= 11 is 1.03. The van der Waals surface area contributed by atoms with Gasteiger partial charge in [-0.15, -0.1) is 0 Å². The van der Waals surface area contributed by atoms with E-state index in [1.165, 1.54) is 0 Å². The van der Waals surface area contributed by atoms with E-state index >= 15 is 0 Å². The van der Waals surface area contributed by atoms with Gasteiger partial charge in [0.05, 0.1) is 6.61 Å². The summed E-state index contributed by atoms with van der Waals surface area (Å²) in [5.74, 6) is 0.0586. The Kier molecular flexibility index (Phi) is 2.29. The minimum Gasteiger partial charge on any atom is -0.497 e. The quantitative estimate of drug-likeness (QED) is 0.828. The molecule has 0 radical (unpaired) electrons. The van der Waals surface area contributed by atoms with E-state index in [2.05, 4.69) is 0 Å². The molecule has 0 saturated carbocycles. The van der Waals surface area contributed by atoms with E-state index in [0.717, 1.165) is 16.0 Å². The minimum absolute atomic E-state index is 0.270. The molecule has 1 heterocycles. The summed E-state index contributed by atoms with van der Waals surface area (Å²) in [6, 6.07) is 5.11. The fraction of sp³-hybridized carbons (Fsp3) is 0.200. The number of thiophene rings is 1. The highest BCUT2D eigenvalue weighted by Gasteiger charge is 2.11. The van der Waals surface area contributed by atoms with Gasteiger partial charge in [-0.2, -0.15) is 0 Å². The Morgan fingerprint density at radius 3 is 3.00 bits per heavy atom. The Hall–Kier alpha value is -1.29. The molecule has 0 unspecified atom stereocenters. The normalized spacial score (nSPS) is 10.7. The predicted octanol–water partition coefficient (Wildman–Crippen LogP) is 3.14. The van der Waals surface area contributed by atoms with Crippen LogP contribution < -0.4 is 4.74 Å². The molecule has 0 aliphatic rings. The van der Waals surface area contributed by atoms with Crippen LogP contribution in [0.25, 0.3) is 10.1 Å². The van der Waals surface area contributed by atoms with Gasteiger partial charge < -0.3 is 9.84 Å². The molecule has 1 aromatic heterocycles. The van der Waals surface area contributed by atoms with Crippen LogP contribution in [0, 0.1) is 5.82 Å². The van der Waals surface area contributed by atoms with E-state index in [0.29, 0.717) is 17.7 Å². The number of fused-ring (bicyclic) bond motifs is 1. The SMILES string of the molecule is CCOc1ccc2sc(O)c(F)c2c1. The van der Waals surface area contributed by atoms with E-state index < -0.39 is 5.82 Å². The lowest BCUT2D eigenvalue weighted by Gasteiger charge is -2.01. The van der Waals surface area contributed by atoms with E-state index in [4.69, 9.17) is 9.84 Å². The largest absolute Gasteiger partial charge is 0.497 e.